The number of carbonyl (C=O) groups excluding carboxylic acids is 4. The van der Waals surface area contributed by atoms with Gasteiger partial charge in [0.2, 0.25) is 11.8 Å². The summed E-state index contributed by atoms with van der Waals surface area (Å²) in [6.45, 7) is 7.59. The van der Waals surface area contributed by atoms with Crippen molar-refractivity contribution in [3.8, 4) is 5.75 Å². The van der Waals surface area contributed by atoms with Crippen LogP contribution in [-0.2, 0) is 23.9 Å². The van der Waals surface area contributed by atoms with Gasteiger partial charge in [0.25, 0.3) is 5.91 Å². The lowest BCUT2D eigenvalue weighted by molar-refractivity contribution is -0.147. The Hall–Kier alpha value is -4.09. The van der Waals surface area contributed by atoms with E-state index in [4.69, 9.17) is 9.47 Å². The standard InChI is InChI=1S/C34H46N4O8/c1-32(2,3)46-31(44)35-25-15-11-6-5-7-12-16-33(4)21-34(33,30(42)43)36-28(40)27-24-19-37(17-22(24)18-38(27)29(25)41)26(39)20-45-23-13-9-8-10-14-23/h8-10,12-14,16,22,24-25,27H,5-7,11,15,17-21H2,1-4H3,(H,35,44)(H,36,40)(H,42,43)/b16-12-/t22-,24-,25+,27-,33+,34+/m0/s1. The molecule has 4 amide bonds. The molecule has 0 spiro atoms. The molecule has 3 aliphatic heterocycles. The highest BCUT2D eigenvalue weighted by molar-refractivity contribution is 5.97. The number of aliphatic carboxylic acids is 1. The van der Waals surface area contributed by atoms with Crippen molar-refractivity contribution >= 4 is 29.8 Å². The first kappa shape index (κ1) is 33.3. The van der Waals surface area contributed by atoms with E-state index >= 15 is 0 Å². The van der Waals surface area contributed by atoms with Crippen LogP contribution in [-0.4, -0.2) is 94.2 Å². The third-order valence-electron chi connectivity index (χ3n) is 9.70. The number of rotatable bonds is 5. The number of benzene rings is 1. The molecule has 250 valence electrons. The van der Waals surface area contributed by atoms with Crippen molar-refractivity contribution in [3.63, 3.8) is 0 Å². The topological polar surface area (TPSA) is 155 Å². The highest BCUT2D eigenvalue weighted by atomic mass is 16.6. The van der Waals surface area contributed by atoms with E-state index in [0.717, 1.165) is 19.3 Å². The van der Waals surface area contributed by atoms with Gasteiger partial charge in [-0.1, -0.05) is 50.1 Å². The van der Waals surface area contributed by atoms with Gasteiger partial charge in [-0.2, -0.15) is 0 Å². The van der Waals surface area contributed by atoms with E-state index < -0.39 is 58.4 Å². The van der Waals surface area contributed by atoms with E-state index in [-0.39, 0.29) is 37.9 Å². The number of amides is 4. The second kappa shape index (κ2) is 13.0. The minimum absolute atomic E-state index is 0.169. The molecule has 0 bridgehead atoms. The molecule has 0 radical (unpaired) electrons. The zero-order chi connectivity index (χ0) is 33.3. The van der Waals surface area contributed by atoms with Gasteiger partial charge >= 0.3 is 12.1 Å². The summed E-state index contributed by atoms with van der Waals surface area (Å²) in [4.78, 5) is 70.1. The maximum Gasteiger partial charge on any atom is 0.408 e. The monoisotopic (exact) mass is 638 g/mol. The second-order valence-corrected chi connectivity index (χ2v) is 14.3. The molecule has 0 aromatic heterocycles. The van der Waals surface area contributed by atoms with E-state index in [2.05, 4.69) is 10.6 Å². The Morgan fingerprint density at radius 2 is 1.80 bits per heavy atom. The Labute approximate surface area is 269 Å². The Kier molecular flexibility index (Phi) is 9.38. The summed E-state index contributed by atoms with van der Waals surface area (Å²) in [5.74, 6) is -2.42. The van der Waals surface area contributed by atoms with Gasteiger partial charge in [-0.3, -0.25) is 14.4 Å². The third kappa shape index (κ3) is 7.00. The number of carboxylic acid groups (broad SMARTS) is 1. The Morgan fingerprint density at radius 1 is 1.07 bits per heavy atom. The van der Waals surface area contributed by atoms with Crippen molar-refractivity contribution in [2.24, 2.45) is 17.3 Å². The molecule has 12 nitrogen and oxygen atoms in total. The number of alkyl carbamates (subject to hydrolysis) is 1. The average Bonchev–Trinajstić information content (AvgIpc) is 3.24. The molecular weight excluding hydrogens is 592 g/mol. The number of carboxylic acids is 1. The van der Waals surface area contributed by atoms with Gasteiger partial charge in [0, 0.05) is 36.9 Å². The molecule has 5 rings (SSSR count). The van der Waals surface area contributed by atoms with E-state index in [9.17, 15) is 29.1 Å². The molecule has 3 fully saturated rings. The third-order valence-corrected chi connectivity index (χ3v) is 9.70. The van der Waals surface area contributed by atoms with Crippen molar-refractivity contribution in [2.45, 2.75) is 89.4 Å². The molecule has 12 heteroatoms. The molecule has 2 saturated heterocycles. The molecule has 1 saturated carbocycles. The molecule has 3 heterocycles. The van der Waals surface area contributed by atoms with Crippen LogP contribution in [0.25, 0.3) is 0 Å². The number of allylic oxidation sites excluding steroid dienone is 1. The van der Waals surface area contributed by atoms with Crippen LogP contribution in [0.1, 0.15) is 66.2 Å². The summed E-state index contributed by atoms with van der Waals surface area (Å²) >= 11 is 0. The van der Waals surface area contributed by atoms with Gasteiger partial charge in [0.05, 0.1) is 0 Å². The maximum atomic E-state index is 14.2. The zero-order valence-electron chi connectivity index (χ0n) is 27.1. The highest BCUT2D eigenvalue weighted by Crippen LogP contribution is 2.57. The minimum atomic E-state index is -1.50. The number of para-hydroxylation sites is 1. The predicted molar refractivity (Wildman–Crippen MR) is 168 cm³/mol. The van der Waals surface area contributed by atoms with Crippen LogP contribution < -0.4 is 15.4 Å². The first-order valence-corrected chi connectivity index (χ1v) is 16.2. The summed E-state index contributed by atoms with van der Waals surface area (Å²) < 4.78 is 11.1. The van der Waals surface area contributed by atoms with Crippen LogP contribution in [0, 0.1) is 17.3 Å². The van der Waals surface area contributed by atoms with Gasteiger partial charge in [-0.25, -0.2) is 9.59 Å². The highest BCUT2D eigenvalue weighted by Gasteiger charge is 2.70. The fourth-order valence-electron chi connectivity index (χ4n) is 7.16. The van der Waals surface area contributed by atoms with Gasteiger partial charge in [-0.15, -0.1) is 0 Å². The Balaban J connectivity index is 1.40. The average molecular weight is 639 g/mol. The number of likely N-dealkylation sites (tertiary alicyclic amines) is 1. The first-order valence-electron chi connectivity index (χ1n) is 16.2. The van der Waals surface area contributed by atoms with Gasteiger partial charge in [-0.05, 0) is 58.6 Å². The number of ether oxygens (including phenoxy) is 2. The van der Waals surface area contributed by atoms with Crippen LogP contribution in [0.15, 0.2) is 42.5 Å². The molecule has 46 heavy (non-hydrogen) atoms. The number of fused-ring (bicyclic) bond motifs is 4. The molecule has 1 aliphatic carbocycles. The Morgan fingerprint density at radius 3 is 2.50 bits per heavy atom. The van der Waals surface area contributed by atoms with Crippen LogP contribution >= 0.6 is 0 Å². The van der Waals surface area contributed by atoms with Crippen LogP contribution in [0.5, 0.6) is 5.75 Å². The lowest BCUT2D eigenvalue weighted by Crippen LogP contribution is -2.59. The largest absolute Gasteiger partial charge is 0.484 e. The van der Waals surface area contributed by atoms with Gasteiger partial charge in [0.1, 0.15) is 29.0 Å². The number of nitrogens with one attached hydrogen (secondary N) is 2. The van der Waals surface area contributed by atoms with Crippen molar-refractivity contribution in [2.75, 3.05) is 26.2 Å². The van der Waals surface area contributed by atoms with E-state index in [0.29, 0.717) is 25.1 Å². The van der Waals surface area contributed by atoms with E-state index in [1.165, 1.54) is 4.90 Å². The van der Waals surface area contributed by atoms with Crippen LogP contribution in [0.4, 0.5) is 4.79 Å². The number of hydrogen-bond donors (Lipinski definition) is 3. The van der Waals surface area contributed by atoms with Crippen molar-refractivity contribution < 1.29 is 38.6 Å². The second-order valence-electron chi connectivity index (χ2n) is 14.3. The summed E-state index contributed by atoms with van der Waals surface area (Å²) in [5.41, 5.74) is -3.04. The minimum Gasteiger partial charge on any atom is -0.484 e. The van der Waals surface area contributed by atoms with Crippen LogP contribution in [0.2, 0.25) is 0 Å². The smallest absolute Gasteiger partial charge is 0.408 e. The molecular formula is C34H46N4O8. The normalized spacial score (nSPS) is 32.1. The molecule has 0 unspecified atom stereocenters. The van der Waals surface area contributed by atoms with Crippen molar-refractivity contribution in [1.82, 2.24) is 20.4 Å². The SMILES string of the molecule is CC(C)(C)OC(=O)N[C@@H]1CCCCC/C=C\[C@]2(C)C[C@]2(C(=O)O)NC(=O)[C@@H]2[C@H]3CN(C(=O)COc4ccccc4)C[C@H]3CN2C1=O. The lowest BCUT2D eigenvalue weighted by atomic mass is 9.92. The quantitative estimate of drug-likeness (QED) is 0.416. The fourth-order valence-corrected chi connectivity index (χ4v) is 7.16. The number of hydrogen-bond acceptors (Lipinski definition) is 7. The summed E-state index contributed by atoms with van der Waals surface area (Å²) in [6, 6.07) is 7.05. The van der Waals surface area contributed by atoms with Gasteiger partial charge < -0.3 is 35.0 Å². The summed E-state index contributed by atoms with van der Waals surface area (Å²) in [6.07, 6.45) is 6.76. The van der Waals surface area contributed by atoms with E-state index in [1.807, 2.05) is 37.3 Å². The molecule has 3 N–H and O–H groups in total. The summed E-state index contributed by atoms with van der Waals surface area (Å²) in [5, 5.41) is 15.9. The van der Waals surface area contributed by atoms with Crippen molar-refractivity contribution in [1.29, 1.82) is 0 Å². The Bertz CT molecular complexity index is 1380. The first-order chi connectivity index (χ1) is 21.7. The van der Waals surface area contributed by atoms with Crippen molar-refractivity contribution in [3.05, 3.63) is 42.5 Å². The fraction of sp³-hybridized carbons (Fsp3) is 0.618. The maximum absolute atomic E-state index is 14.2. The van der Waals surface area contributed by atoms with E-state index in [1.54, 1.807) is 37.8 Å². The molecule has 6 atom stereocenters. The van der Waals surface area contributed by atoms with Crippen LogP contribution in [0.3, 0.4) is 0 Å². The molecule has 4 aliphatic rings. The number of nitrogens with zero attached hydrogens (tertiary/aromatic N) is 2. The van der Waals surface area contributed by atoms with Gasteiger partial charge in [0.15, 0.2) is 6.61 Å². The zero-order valence-corrected chi connectivity index (χ0v) is 27.1. The molecule has 1 aromatic rings. The number of carbonyl (C=O) groups is 5. The molecule has 1 aromatic carbocycles. The lowest BCUT2D eigenvalue weighted by Gasteiger charge is -2.33. The predicted octanol–water partition coefficient (Wildman–Crippen LogP) is 3.11. The summed E-state index contributed by atoms with van der Waals surface area (Å²) in [7, 11) is 0.